The second-order valence-electron chi connectivity index (χ2n) is 9.99. The lowest BCUT2D eigenvalue weighted by molar-refractivity contribution is 0.0473. The van der Waals surface area contributed by atoms with E-state index in [0.717, 1.165) is 55.1 Å². The van der Waals surface area contributed by atoms with Crippen molar-refractivity contribution in [2.45, 2.75) is 45.4 Å². The van der Waals surface area contributed by atoms with Crippen LogP contribution in [0.4, 0.5) is 0 Å². The van der Waals surface area contributed by atoms with Crippen LogP contribution in [0, 0.1) is 0 Å². The molecule has 0 amide bonds. The Morgan fingerprint density at radius 1 is 1.05 bits per heavy atom. The van der Waals surface area contributed by atoms with Crippen LogP contribution in [0.3, 0.4) is 0 Å². The molecule has 0 bridgehead atoms. The molecule has 0 spiro atoms. The van der Waals surface area contributed by atoms with Crippen molar-refractivity contribution in [1.29, 1.82) is 0 Å². The number of halogens is 1. The van der Waals surface area contributed by atoms with E-state index >= 15 is 0 Å². The maximum Gasteiger partial charge on any atom is 0.338 e. The second-order valence-corrected chi connectivity index (χ2v) is 12.4. The van der Waals surface area contributed by atoms with Crippen LogP contribution in [-0.4, -0.2) is 65.8 Å². The molecular weight excluding hydrogens is 524 g/mol. The third-order valence-electron chi connectivity index (χ3n) is 7.30. The van der Waals surface area contributed by atoms with Gasteiger partial charge >= 0.3 is 5.97 Å². The zero-order valence-corrected chi connectivity index (χ0v) is 23.2. The molecule has 202 valence electrons. The van der Waals surface area contributed by atoms with Gasteiger partial charge < -0.3 is 9.64 Å². The van der Waals surface area contributed by atoms with E-state index in [1.165, 1.54) is 23.4 Å². The molecule has 0 unspecified atom stereocenters. The Kier molecular flexibility index (Phi) is 8.18. The molecule has 0 radical (unpaired) electrons. The number of carbonyl (C=O) groups excluding carboxylic acids is 1. The SMILES string of the molecule is CS(=O)(=O)N1CCc2c(c(-c3ccc(Cl)c(COC(=O)c4ccccc4)c3)nn2CCCN2CCCC2)C1. The monoisotopic (exact) mass is 556 g/mol. The Morgan fingerprint density at radius 2 is 1.82 bits per heavy atom. The van der Waals surface area contributed by atoms with E-state index in [0.29, 0.717) is 29.1 Å². The normalized spacial score (nSPS) is 16.5. The van der Waals surface area contributed by atoms with Crippen LogP contribution in [0.1, 0.15) is 46.4 Å². The van der Waals surface area contributed by atoms with E-state index in [4.69, 9.17) is 21.4 Å². The van der Waals surface area contributed by atoms with Gasteiger partial charge in [0.2, 0.25) is 10.0 Å². The molecule has 0 aliphatic carbocycles. The number of benzene rings is 2. The Bertz CT molecular complexity index is 1400. The van der Waals surface area contributed by atoms with Gasteiger partial charge in [0, 0.05) is 53.5 Å². The highest BCUT2D eigenvalue weighted by molar-refractivity contribution is 7.88. The molecule has 8 nitrogen and oxygen atoms in total. The zero-order valence-electron chi connectivity index (χ0n) is 21.6. The van der Waals surface area contributed by atoms with E-state index in [1.807, 2.05) is 18.2 Å². The molecule has 10 heteroatoms. The van der Waals surface area contributed by atoms with Crippen LogP contribution in [0.25, 0.3) is 11.3 Å². The Hall–Kier alpha value is -2.72. The lowest BCUT2D eigenvalue weighted by Crippen LogP contribution is -2.35. The van der Waals surface area contributed by atoms with Crippen LogP contribution in [0.5, 0.6) is 0 Å². The van der Waals surface area contributed by atoms with Gasteiger partial charge in [-0.15, -0.1) is 0 Å². The maximum atomic E-state index is 12.5. The van der Waals surface area contributed by atoms with Crippen molar-refractivity contribution in [3.8, 4) is 11.3 Å². The summed E-state index contributed by atoms with van der Waals surface area (Å²) in [4.78, 5) is 14.9. The molecule has 5 rings (SSSR count). The van der Waals surface area contributed by atoms with Gasteiger partial charge in [-0.3, -0.25) is 4.68 Å². The number of esters is 1. The molecule has 0 saturated carbocycles. The van der Waals surface area contributed by atoms with Gasteiger partial charge in [-0.2, -0.15) is 9.40 Å². The predicted molar refractivity (Wildman–Crippen MR) is 147 cm³/mol. The summed E-state index contributed by atoms with van der Waals surface area (Å²) >= 11 is 6.47. The second kappa shape index (κ2) is 11.6. The summed E-state index contributed by atoms with van der Waals surface area (Å²) in [6.45, 7) is 4.90. The molecular formula is C28H33ClN4O4S. The van der Waals surface area contributed by atoms with Crippen LogP contribution >= 0.6 is 11.6 Å². The summed E-state index contributed by atoms with van der Waals surface area (Å²) in [6.07, 6.45) is 5.39. The summed E-state index contributed by atoms with van der Waals surface area (Å²) in [5, 5.41) is 5.47. The average Bonchev–Trinajstić information content (AvgIpc) is 3.56. The zero-order chi connectivity index (χ0) is 26.7. The third-order valence-corrected chi connectivity index (χ3v) is 8.92. The number of ether oxygens (including phenoxy) is 1. The first kappa shape index (κ1) is 26.9. The number of likely N-dealkylation sites (tertiary alicyclic amines) is 1. The van der Waals surface area contributed by atoms with E-state index in [9.17, 15) is 13.2 Å². The van der Waals surface area contributed by atoms with Crippen molar-refractivity contribution in [3.05, 3.63) is 75.9 Å². The van der Waals surface area contributed by atoms with Crippen LogP contribution in [-0.2, 0) is 40.9 Å². The molecule has 2 aromatic carbocycles. The van der Waals surface area contributed by atoms with Crippen LogP contribution in [0.15, 0.2) is 48.5 Å². The fourth-order valence-corrected chi connectivity index (χ4v) is 6.21. The van der Waals surface area contributed by atoms with Crippen molar-refractivity contribution in [3.63, 3.8) is 0 Å². The molecule has 0 atom stereocenters. The minimum atomic E-state index is -3.33. The molecule has 0 N–H and O–H groups in total. The van der Waals surface area contributed by atoms with Gasteiger partial charge in [0.25, 0.3) is 0 Å². The van der Waals surface area contributed by atoms with Gasteiger partial charge in [-0.05, 0) is 63.2 Å². The Balaban J connectivity index is 1.40. The van der Waals surface area contributed by atoms with Gasteiger partial charge in [0.15, 0.2) is 0 Å². The number of aromatic nitrogens is 2. The van der Waals surface area contributed by atoms with Gasteiger partial charge in [0.05, 0.1) is 17.5 Å². The Labute approximate surface area is 229 Å². The standard InChI is InChI=1S/C28H33ClN4O4S/c1-38(35,36)32-17-12-26-24(19-32)27(30-33(26)16-7-15-31-13-5-6-14-31)22-10-11-25(29)23(18-22)20-37-28(34)21-8-3-2-4-9-21/h2-4,8-11,18H,5-7,12-17,19-20H2,1H3. The number of aryl methyl sites for hydroxylation is 1. The summed E-state index contributed by atoms with van der Waals surface area (Å²) < 4.78 is 33.8. The highest BCUT2D eigenvalue weighted by Gasteiger charge is 2.30. The van der Waals surface area contributed by atoms with E-state index < -0.39 is 16.0 Å². The average molecular weight is 557 g/mol. The van der Waals surface area contributed by atoms with Gasteiger partial charge in [-0.1, -0.05) is 35.9 Å². The summed E-state index contributed by atoms with van der Waals surface area (Å²) in [7, 11) is -3.33. The van der Waals surface area contributed by atoms with Gasteiger partial charge in [0.1, 0.15) is 6.61 Å². The van der Waals surface area contributed by atoms with Crippen molar-refractivity contribution in [2.24, 2.45) is 0 Å². The lowest BCUT2D eigenvalue weighted by Gasteiger charge is -2.26. The Morgan fingerprint density at radius 3 is 2.55 bits per heavy atom. The highest BCUT2D eigenvalue weighted by Crippen LogP contribution is 2.33. The summed E-state index contributed by atoms with van der Waals surface area (Å²) in [5.41, 5.74) is 4.74. The minimum Gasteiger partial charge on any atom is -0.457 e. The van der Waals surface area contributed by atoms with Crippen molar-refractivity contribution >= 4 is 27.6 Å². The lowest BCUT2D eigenvalue weighted by atomic mass is 10.0. The van der Waals surface area contributed by atoms with Crippen LogP contribution < -0.4 is 0 Å². The molecule has 2 aliphatic heterocycles. The fraction of sp³-hybridized carbons (Fsp3) is 0.429. The number of fused-ring (bicyclic) bond motifs is 1. The van der Waals surface area contributed by atoms with Crippen molar-refractivity contribution in [1.82, 2.24) is 19.0 Å². The van der Waals surface area contributed by atoms with E-state index in [-0.39, 0.29) is 13.2 Å². The molecule has 38 heavy (non-hydrogen) atoms. The molecule has 3 heterocycles. The predicted octanol–water partition coefficient (Wildman–Crippen LogP) is 4.36. The number of carbonyl (C=O) groups is 1. The first-order valence-corrected chi connectivity index (χ1v) is 15.3. The molecule has 1 saturated heterocycles. The van der Waals surface area contributed by atoms with Gasteiger partial charge in [-0.25, -0.2) is 13.2 Å². The third kappa shape index (κ3) is 6.12. The van der Waals surface area contributed by atoms with Crippen molar-refractivity contribution in [2.75, 3.05) is 32.4 Å². The summed E-state index contributed by atoms with van der Waals surface area (Å²) in [6, 6.07) is 14.4. The molecule has 3 aromatic rings. The first-order chi connectivity index (χ1) is 18.3. The summed E-state index contributed by atoms with van der Waals surface area (Å²) in [5.74, 6) is -0.421. The van der Waals surface area contributed by atoms with Crippen LogP contribution in [0.2, 0.25) is 5.02 Å². The number of hydrogen-bond acceptors (Lipinski definition) is 6. The number of sulfonamides is 1. The number of rotatable bonds is 9. The first-order valence-electron chi connectivity index (χ1n) is 13.1. The molecule has 2 aliphatic rings. The highest BCUT2D eigenvalue weighted by atomic mass is 35.5. The molecule has 1 fully saturated rings. The number of hydrogen-bond donors (Lipinski definition) is 0. The smallest absolute Gasteiger partial charge is 0.338 e. The number of nitrogens with zero attached hydrogens (tertiary/aromatic N) is 4. The quantitative estimate of drug-likeness (QED) is 0.364. The van der Waals surface area contributed by atoms with Crippen molar-refractivity contribution < 1.29 is 17.9 Å². The minimum absolute atomic E-state index is 0.0224. The van der Waals surface area contributed by atoms with E-state index in [1.54, 1.807) is 30.3 Å². The molecule has 1 aromatic heterocycles. The largest absolute Gasteiger partial charge is 0.457 e. The maximum absolute atomic E-state index is 12.5. The van der Waals surface area contributed by atoms with E-state index in [2.05, 4.69) is 9.58 Å². The topological polar surface area (TPSA) is 84.7 Å². The fourth-order valence-electron chi connectivity index (χ4n) is 5.25.